The molecule has 5 heteroatoms. The summed E-state index contributed by atoms with van der Waals surface area (Å²) in [5.74, 6) is 0.200. The van der Waals surface area contributed by atoms with Gasteiger partial charge in [-0.1, -0.05) is 18.6 Å². The Morgan fingerprint density at radius 1 is 1.28 bits per heavy atom. The third-order valence-corrected chi connectivity index (χ3v) is 5.11. The number of likely N-dealkylation sites (tertiary alicyclic amines) is 1. The summed E-state index contributed by atoms with van der Waals surface area (Å²) < 4.78 is 1.66. The molecule has 0 N–H and O–H groups in total. The molecule has 2 rings (SSSR count). The molecule has 0 saturated carbocycles. The number of allylic oxidation sites excluding steroid dienone is 2. The topological polar surface area (TPSA) is 55.2 Å². The number of hydrogen-bond donors (Lipinski definition) is 0. The normalized spacial score (nSPS) is 20.7. The molecule has 1 fully saturated rings. The van der Waals surface area contributed by atoms with Crippen molar-refractivity contribution < 1.29 is 4.79 Å². The zero-order chi connectivity index (χ0) is 18.6. The van der Waals surface area contributed by atoms with Crippen molar-refractivity contribution in [3.8, 4) is 0 Å². The molecule has 1 atom stereocenters. The van der Waals surface area contributed by atoms with Gasteiger partial charge in [0.05, 0.1) is 0 Å². The summed E-state index contributed by atoms with van der Waals surface area (Å²) in [6.45, 7) is 12.1. The Hall–Kier alpha value is -1.91. The monoisotopic (exact) mass is 345 g/mol. The van der Waals surface area contributed by atoms with E-state index in [0.717, 1.165) is 37.2 Å². The fraction of sp³-hybridized carbons (Fsp3) is 0.650. The maximum Gasteiger partial charge on any atom is 0.348 e. The minimum Gasteiger partial charge on any atom is -0.340 e. The molecule has 1 saturated heterocycles. The Balaban J connectivity index is 2.02. The molecule has 1 aromatic heterocycles. The Bertz CT molecular complexity index is 716. The highest BCUT2D eigenvalue weighted by Gasteiger charge is 2.34. The molecule has 25 heavy (non-hydrogen) atoms. The SMILES string of the molecule is CC(C)=CCCC1(C)CCC(=O)N(CCn2c(C)cc(C)nc2=O)C1. The van der Waals surface area contributed by atoms with E-state index in [2.05, 4.69) is 31.8 Å². The first-order valence-electron chi connectivity index (χ1n) is 9.16. The molecule has 1 amide bonds. The summed E-state index contributed by atoms with van der Waals surface area (Å²) in [6.07, 6.45) is 5.97. The predicted octanol–water partition coefficient (Wildman–Crippen LogP) is 3.24. The number of amides is 1. The van der Waals surface area contributed by atoms with Crippen LogP contribution in [0.25, 0.3) is 0 Å². The lowest BCUT2D eigenvalue weighted by atomic mass is 9.77. The number of piperidine rings is 1. The average molecular weight is 345 g/mol. The van der Waals surface area contributed by atoms with Crippen LogP contribution in [0.5, 0.6) is 0 Å². The van der Waals surface area contributed by atoms with Crippen molar-refractivity contribution in [2.45, 2.75) is 66.8 Å². The van der Waals surface area contributed by atoms with E-state index in [-0.39, 0.29) is 17.0 Å². The summed E-state index contributed by atoms with van der Waals surface area (Å²) in [5.41, 5.74) is 2.90. The van der Waals surface area contributed by atoms with Gasteiger partial charge in [-0.2, -0.15) is 4.98 Å². The van der Waals surface area contributed by atoms with Crippen LogP contribution in [-0.4, -0.2) is 33.4 Å². The third kappa shape index (κ3) is 5.28. The van der Waals surface area contributed by atoms with Gasteiger partial charge in [0, 0.05) is 37.4 Å². The van der Waals surface area contributed by atoms with Gasteiger partial charge >= 0.3 is 5.69 Å². The van der Waals surface area contributed by atoms with Gasteiger partial charge in [0.2, 0.25) is 5.91 Å². The van der Waals surface area contributed by atoms with E-state index in [1.807, 2.05) is 24.8 Å². The molecular weight excluding hydrogens is 314 g/mol. The lowest BCUT2D eigenvalue weighted by molar-refractivity contribution is -0.137. The minimum atomic E-state index is -0.228. The first kappa shape index (κ1) is 19.4. The lowest BCUT2D eigenvalue weighted by Gasteiger charge is -2.40. The van der Waals surface area contributed by atoms with E-state index in [1.165, 1.54) is 5.57 Å². The number of aryl methyl sites for hydroxylation is 2. The van der Waals surface area contributed by atoms with Gasteiger partial charge in [-0.15, -0.1) is 0 Å². The standard InChI is InChI=1S/C20H31N3O2/c1-15(2)7-6-9-20(5)10-8-18(24)22(14-20)11-12-23-17(4)13-16(3)21-19(23)25/h7,13H,6,8-12,14H2,1-5H3. The van der Waals surface area contributed by atoms with Gasteiger partial charge in [-0.3, -0.25) is 9.36 Å². The summed E-state index contributed by atoms with van der Waals surface area (Å²) in [6, 6.07) is 1.91. The molecule has 1 aliphatic heterocycles. The van der Waals surface area contributed by atoms with Gasteiger partial charge in [-0.25, -0.2) is 4.79 Å². The Morgan fingerprint density at radius 2 is 2.00 bits per heavy atom. The van der Waals surface area contributed by atoms with Gasteiger partial charge in [0.15, 0.2) is 0 Å². The molecule has 0 radical (unpaired) electrons. The maximum atomic E-state index is 12.3. The van der Waals surface area contributed by atoms with Gasteiger partial charge in [0.25, 0.3) is 0 Å². The average Bonchev–Trinajstić information content (AvgIpc) is 2.49. The largest absolute Gasteiger partial charge is 0.348 e. The van der Waals surface area contributed by atoms with E-state index in [4.69, 9.17) is 0 Å². The van der Waals surface area contributed by atoms with Crippen molar-refractivity contribution in [3.05, 3.63) is 39.6 Å². The van der Waals surface area contributed by atoms with E-state index in [1.54, 1.807) is 4.57 Å². The second kappa shape index (κ2) is 7.98. The zero-order valence-electron chi connectivity index (χ0n) is 16.3. The van der Waals surface area contributed by atoms with Gasteiger partial charge in [-0.05, 0) is 58.4 Å². The van der Waals surface area contributed by atoms with Crippen LogP contribution in [0, 0.1) is 19.3 Å². The molecule has 2 heterocycles. The summed E-state index contributed by atoms with van der Waals surface area (Å²) in [5, 5.41) is 0. The molecule has 0 spiro atoms. The van der Waals surface area contributed by atoms with Crippen LogP contribution in [0.4, 0.5) is 0 Å². The van der Waals surface area contributed by atoms with Crippen LogP contribution in [-0.2, 0) is 11.3 Å². The fourth-order valence-corrected chi connectivity index (χ4v) is 3.58. The van der Waals surface area contributed by atoms with Crippen molar-refractivity contribution in [1.82, 2.24) is 14.5 Å². The van der Waals surface area contributed by atoms with Crippen LogP contribution in [0.15, 0.2) is 22.5 Å². The van der Waals surface area contributed by atoms with Gasteiger partial charge in [0.1, 0.15) is 0 Å². The van der Waals surface area contributed by atoms with Gasteiger partial charge < -0.3 is 4.90 Å². The van der Waals surface area contributed by atoms with Crippen molar-refractivity contribution in [2.75, 3.05) is 13.1 Å². The highest BCUT2D eigenvalue weighted by Crippen LogP contribution is 2.34. The smallest absolute Gasteiger partial charge is 0.340 e. The molecule has 0 bridgehead atoms. The quantitative estimate of drug-likeness (QED) is 0.744. The highest BCUT2D eigenvalue weighted by atomic mass is 16.2. The number of nitrogens with zero attached hydrogens (tertiary/aromatic N) is 3. The van der Waals surface area contributed by atoms with E-state index >= 15 is 0 Å². The first-order valence-corrected chi connectivity index (χ1v) is 9.16. The minimum absolute atomic E-state index is 0.158. The summed E-state index contributed by atoms with van der Waals surface area (Å²) in [7, 11) is 0. The number of rotatable bonds is 6. The molecule has 5 nitrogen and oxygen atoms in total. The first-order chi connectivity index (χ1) is 11.7. The number of aromatic nitrogens is 2. The predicted molar refractivity (Wildman–Crippen MR) is 101 cm³/mol. The Morgan fingerprint density at radius 3 is 2.64 bits per heavy atom. The van der Waals surface area contributed by atoms with E-state index < -0.39 is 0 Å². The van der Waals surface area contributed by atoms with Crippen LogP contribution in [0.2, 0.25) is 0 Å². The summed E-state index contributed by atoms with van der Waals surface area (Å²) in [4.78, 5) is 30.3. The second-order valence-electron chi connectivity index (χ2n) is 7.92. The van der Waals surface area contributed by atoms with Crippen LogP contribution >= 0.6 is 0 Å². The molecule has 0 aliphatic carbocycles. The molecule has 1 aromatic rings. The van der Waals surface area contributed by atoms with Crippen molar-refractivity contribution in [1.29, 1.82) is 0 Å². The van der Waals surface area contributed by atoms with Crippen LogP contribution in [0.3, 0.4) is 0 Å². The van der Waals surface area contributed by atoms with E-state index in [9.17, 15) is 9.59 Å². The Labute approximate surface area is 150 Å². The molecule has 1 aliphatic rings. The summed E-state index contributed by atoms with van der Waals surface area (Å²) >= 11 is 0. The van der Waals surface area contributed by atoms with Crippen molar-refractivity contribution in [3.63, 3.8) is 0 Å². The highest BCUT2D eigenvalue weighted by molar-refractivity contribution is 5.77. The molecule has 138 valence electrons. The third-order valence-electron chi connectivity index (χ3n) is 5.11. The maximum absolute atomic E-state index is 12.3. The van der Waals surface area contributed by atoms with E-state index in [0.29, 0.717) is 19.5 Å². The second-order valence-corrected chi connectivity index (χ2v) is 7.92. The van der Waals surface area contributed by atoms with Crippen molar-refractivity contribution in [2.24, 2.45) is 5.41 Å². The lowest BCUT2D eigenvalue weighted by Crippen LogP contribution is -2.47. The Kier molecular flexibility index (Phi) is 6.20. The molecule has 1 unspecified atom stereocenters. The van der Waals surface area contributed by atoms with Crippen molar-refractivity contribution >= 4 is 5.91 Å². The van der Waals surface area contributed by atoms with Crippen LogP contribution in [0.1, 0.15) is 57.8 Å². The zero-order valence-corrected chi connectivity index (χ0v) is 16.3. The fourth-order valence-electron chi connectivity index (χ4n) is 3.58. The number of carbonyl (C=O) groups is 1. The van der Waals surface area contributed by atoms with Crippen LogP contribution < -0.4 is 5.69 Å². The molecular formula is C20H31N3O2. The number of hydrogen-bond acceptors (Lipinski definition) is 3. The molecule has 0 aromatic carbocycles. The number of carbonyl (C=O) groups excluding carboxylic acids is 1.